The van der Waals surface area contributed by atoms with Crippen molar-refractivity contribution in [1.82, 2.24) is 5.32 Å². The Labute approximate surface area is 124 Å². The number of hydrogen-bond donors (Lipinski definition) is 3. The van der Waals surface area contributed by atoms with Crippen molar-refractivity contribution < 1.29 is 33.2 Å². The van der Waals surface area contributed by atoms with Gasteiger partial charge in [0.1, 0.15) is 6.17 Å². The lowest BCUT2D eigenvalue weighted by molar-refractivity contribution is -0.178. The van der Waals surface area contributed by atoms with Crippen LogP contribution in [-0.4, -0.2) is 47.0 Å². The van der Waals surface area contributed by atoms with Gasteiger partial charge in [-0.2, -0.15) is 0 Å². The number of alkyl halides is 1. The van der Waals surface area contributed by atoms with E-state index in [4.69, 9.17) is 19.3 Å². The van der Waals surface area contributed by atoms with Gasteiger partial charge in [0, 0.05) is 5.92 Å². The lowest BCUT2D eigenvalue weighted by Crippen LogP contribution is -2.38. The van der Waals surface area contributed by atoms with Crippen molar-refractivity contribution in [1.29, 1.82) is 0 Å². The van der Waals surface area contributed by atoms with E-state index in [0.717, 1.165) is 0 Å². The lowest BCUT2D eigenvalue weighted by Gasteiger charge is -2.22. The Kier molecular flexibility index (Phi) is 9.41. The van der Waals surface area contributed by atoms with Gasteiger partial charge in [0.15, 0.2) is 8.38 Å². The number of alkyl carbamates (subject to hydrolysis) is 1. The van der Waals surface area contributed by atoms with E-state index in [1.54, 1.807) is 27.7 Å². The maximum absolute atomic E-state index is 13.2. The molecule has 0 unspecified atom stereocenters. The molecule has 0 bridgehead atoms. The minimum Gasteiger partial charge on any atom is -0.425 e. The van der Waals surface area contributed by atoms with E-state index in [0.29, 0.717) is 0 Å². The van der Waals surface area contributed by atoms with Crippen molar-refractivity contribution in [2.45, 2.75) is 40.2 Å². The number of rotatable bonds is 8. The minimum atomic E-state index is -2.35. The average Bonchev–Trinajstić information content (AvgIpc) is 2.34. The fourth-order valence-corrected chi connectivity index (χ4v) is 1.61. The second-order valence-corrected chi connectivity index (χ2v) is 6.25. The maximum Gasteiger partial charge on any atom is 0.410 e. The van der Waals surface area contributed by atoms with Crippen molar-refractivity contribution in [3.8, 4) is 0 Å². The SMILES string of the molecule is CC(C)C(=O)O[C@@H](OC(=O)NC[C@H](F)CP(O)O)C(C)C. The molecule has 0 aliphatic heterocycles. The molecule has 0 radical (unpaired) electrons. The fourth-order valence-electron chi connectivity index (χ4n) is 1.13. The highest BCUT2D eigenvalue weighted by molar-refractivity contribution is 7.45. The third kappa shape index (κ3) is 9.55. The molecule has 0 saturated heterocycles. The van der Waals surface area contributed by atoms with Gasteiger partial charge < -0.3 is 24.6 Å². The number of carbonyl (C=O) groups excluding carboxylic acids is 2. The molecule has 0 aliphatic rings. The number of carbonyl (C=O) groups is 2. The fraction of sp³-hybridized carbons (Fsp3) is 0.833. The molecule has 3 N–H and O–H groups in total. The van der Waals surface area contributed by atoms with E-state index in [1.165, 1.54) is 0 Å². The highest BCUT2D eigenvalue weighted by atomic mass is 31.2. The molecule has 0 aromatic carbocycles. The van der Waals surface area contributed by atoms with E-state index < -0.39 is 45.6 Å². The molecular formula is C12H23FNO6P. The van der Waals surface area contributed by atoms with Crippen LogP contribution in [0, 0.1) is 11.8 Å². The molecule has 7 nitrogen and oxygen atoms in total. The molecule has 0 heterocycles. The van der Waals surface area contributed by atoms with Gasteiger partial charge in [-0.3, -0.25) is 4.79 Å². The zero-order valence-electron chi connectivity index (χ0n) is 12.6. The normalized spacial score (nSPS) is 14.2. The van der Waals surface area contributed by atoms with Gasteiger partial charge in [0.2, 0.25) is 0 Å². The molecule has 0 rings (SSSR count). The summed E-state index contributed by atoms with van der Waals surface area (Å²) in [5.41, 5.74) is 0. The number of ether oxygens (including phenoxy) is 2. The smallest absolute Gasteiger partial charge is 0.410 e. The first kappa shape index (κ1) is 20.0. The monoisotopic (exact) mass is 327 g/mol. The number of hydrogen-bond acceptors (Lipinski definition) is 6. The second kappa shape index (κ2) is 9.87. The maximum atomic E-state index is 13.2. The second-order valence-electron chi connectivity index (χ2n) is 5.14. The highest BCUT2D eigenvalue weighted by Gasteiger charge is 2.24. The van der Waals surface area contributed by atoms with Crippen molar-refractivity contribution in [3.63, 3.8) is 0 Å². The summed E-state index contributed by atoms with van der Waals surface area (Å²) in [5, 5.41) is 2.14. The van der Waals surface area contributed by atoms with Gasteiger partial charge in [-0.25, -0.2) is 9.18 Å². The summed E-state index contributed by atoms with van der Waals surface area (Å²) < 4.78 is 23.1. The van der Waals surface area contributed by atoms with Crippen LogP contribution in [0.15, 0.2) is 0 Å². The largest absolute Gasteiger partial charge is 0.425 e. The number of halogens is 1. The van der Waals surface area contributed by atoms with Crippen molar-refractivity contribution in [2.24, 2.45) is 11.8 Å². The summed E-state index contributed by atoms with van der Waals surface area (Å²) in [6, 6.07) is 0. The Morgan fingerprint density at radius 3 is 2.19 bits per heavy atom. The van der Waals surface area contributed by atoms with Crippen LogP contribution in [0.25, 0.3) is 0 Å². The van der Waals surface area contributed by atoms with Gasteiger partial charge in [0.05, 0.1) is 18.6 Å². The van der Waals surface area contributed by atoms with Crippen molar-refractivity contribution >= 4 is 20.4 Å². The van der Waals surface area contributed by atoms with Crippen LogP contribution < -0.4 is 5.32 Å². The van der Waals surface area contributed by atoms with Crippen LogP contribution in [0.3, 0.4) is 0 Å². The molecule has 0 aliphatic carbocycles. The van der Waals surface area contributed by atoms with Crippen LogP contribution in [0.2, 0.25) is 0 Å². The molecule has 0 aromatic heterocycles. The zero-order chi connectivity index (χ0) is 16.6. The van der Waals surface area contributed by atoms with Crippen LogP contribution in [0.1, 0.15) is 27.7 Å². The van der Waals surface area contributed by atoms with Gasteiger partial charge in [0.25, 0.3) is 6.29 Å². The predicted octanol–water partition coefficient (Wildman–Crippen LogP) is 1.53. The molecule has 2 atom stereocenters. The van der Waals surface area contributed by atoms with Gasteiger partial charge in [-0.1, -0.05) is 27.7 Å². The topological polar surface area (TPSA) is 105 Å². The summed E-state index contributed by atoms with van der Waals surface area (Å²) in [6.07, 6.45) is -4.04. The third-order valence-corrected chi connectivity index (χ3v) is 3.02. The van der Waals surface area contributed by atoms with E-state index in [-0.39, 0.29) is 11.8 Å². The van der Waals surface area contributed by atoms with Gasteiger partial charge in [-0.05, 0) is 0 Å². The number of nitrogens with one attached hydrogen (secondary N) is 1. The molecule has 124 valence electrons. The Hall–Kier alpha value is -0.980. The van der Waals surface area contributed by atoms with E-state index in [1.807, 2.05) is 0 Å². The van der Waals surface area contributed by atoms with Gasteiger partial charge in [-0.15, -0.1) is 0 Å². The zero-order valence-corrected chi connectivity index (χ0v) is 13.5. The van der Waals surface area contributed by atoms with E-state index >= 15 is 0 Å². The molecular weight excluding hydrogens is 304 g/mol. The molecule has 0 fully saturated rings. The quantitative estimate of drug-likeness (QED) is 0.355. The van der Waals surface area contributed by atoms with E-state index in [9.17, 15) is 14.0 Å². The first-order chi connectivity index (χ1) is 9.63. The summed E-state index contributed by atoms with van der Waals surface area (Å²) in [5.74, 6) is -1.13. The lowest BCUT2D eigenvalue weighted by atomic mass is 10.2. The summed E-state index contributed by atoms with van der Waals surface area (Å²) >= 11 is 0. The van der Waals surface area contributed by atoms with Crippen LogP contribution in [0.5, 0.6) is 0 Å². The average molecular weight is 327 g/mol. The van der Waals surface area contributed by atoms with Crippen molar-refractivity contribution in [2.75, 3.05) is 12.7 Å². The Morgan fingerprint density at radius 2 is 1.76 bits per heavy atom. The molecule has 0 aromatic rings. The van der Waals surface area contributed by atoms with Crippen LogP contribution in [0.4, 0.5) is 9.18 Å². The summed E-state index contributed by atoms with van der Waals surface area (Å²) in [4.78, 5) is 40.2. The summed E-state index contributed by atoms with van der Waals surface area (Å²) in [7, 11) is -2.35. The standard InChI is InChI=1S/C12H23FNO6P/c1-7(2)10(15)19-11(8(3)4)20-12(16)14-5-9(13)6-21(17)18/h7-9,11,17-18H,5-6H2,1-4H3,(H,14,16)/t9-,11-/m0/s1. The minimum absolute atomic E-state index is 0.262. The molecule has 0 spiro atoms. The first-order valence-electron chi connectivity index (χ1n) is 6.57. The van der Waals surface area contributed by atoms with E-state index in [2.05, 4.69) is 5.32 Å². The Balaban J connectivity index is 4.27. The Bertz CT molecular complexity index is 340. The summed E-state index contributed by atoms with van der Waals surface area (Å²) in [6.45, 7) is 6.29. The predicted molar refractivity (Wildman–Crippen MR) is 75.2 cm³/mol. The molecule has 21 heavy (non-hydrogen) atoms. The first-order valence-corrected chi connectivity index (χ1v) is 8.01. The number of amides is 1. The van der Waals surface area contributed by atoms with Crippen LogP contribution >= 0.6 is 8.38 Å². The molecule has 9 heteroatoms. The molecule has 1 amide bonds. The number of esters is 1. The van der Waals surface area contributed by atoms with Gasteiger partial charge >= 0.3 is 12.1 Å². The van der Waals surface area contributed by atoms with Crippen LogP contribution in [-0.2, 0) is 14.3 Å². The van der Waals surface area contributed by atoms with Crippen molar-refractivity contribution in [3.05, 3.63) is 0 Å². The Morgan fingerprint density at radius 1 is 1.19 bits per heavy atom. The third-order valence-electron chi connectivity index (χ3n) is 2.30. The highest BCUT2D eigenvalue weighted by Crippen LogP contribution is 2.24. The molecule has 0 saturated carbocycles.